The third-order valence-corrected chi connectivity index (χ3v) is 2.74. The summed E-state index contributed by atoms with van der Waals surface area (Å²) < 4.78 is 4.94. The van der Waals surface area contributed by atoms with Crippen LogP contribution in [0.25, 0.3) is 0 Å². The van der Waals surface area contributed by atoms with Gasteiger partial charge in [-0.1, -0.05) is 22.4 Å². The monoisotopic (exact) mass is 289 g/mol. The van der Waals surface area contributed by atoms with Crippen LogP contribution in [0, 0.1) is 6.92 Å². The molecule has 4 N–H and O–H groups in total. The smallest absolute Gasteiger partial charge is 0.251 e. The first-order valence-electron chi connectivity index (χ1n) is 6.25. The zero-order chi connectivity index (χ0) is 15.2. The van der Waals surface area contributed by atoms with Crippen molar-refractivity contribution >= 4 is 11.7 Å². The van der Waals surface area contributed by atoms with Crippen LogP contribution in [0.1, 0.15) is 27.6 Å². The third kappa shape index (κ3) is 3.78. The number of carbonyl (C=O) groups excluding carboxylic acids is 1. The summed E-state index contributed by atoms with van der Waals surface area (Å²) in [4.78, 5) is 15.9. The molecule has 1 aromatic heterocycles. The molecule has 110 valence electrons. The van der Waals surface area contributed by atoms with Crippen molar-refractivity contribution in [2.45, 2.75) is 13.3 Å². The molecular formula is C13H15N5O3. The number of carbonyl (C=O) groups is 1. The maximum Gasteiger partial charge on any atom is 0.251 e. The van der Waals surface area contributed by atoms with E-state index < -0.39 is 0 Å². The van der Waals surface area contributed by atoms with E-state index in [-0.39, 0.29) is 11.7 Å². The molecule has 0 saturated heterocycles. The topological polar surface area (TPSA) is 127 Å². The standard InChI is InChI=1S/C13H15N5O3/c1-8-16-11(21-18-8)6-7-15-13(19)10-4-2-9(3-5-10)12(14)17-20/h2-5,20H,6-7H2,1H3,(H2,14,17)(H,15,19). The molecule has 0 aliphatic carbocycles. The second-order valence-corrected chi connectivity index (χ2v) is 4.30. The fourth-order valence-corrected chi connectivity index (χ4v) is 1.68. The number of nitrogens with two attached hydrogens (primary N) is 1. The quantitative estimate of drug-likeness (QED) is 0.317. The van der Waals surface area contributed by atoms with Gasteiger partial charge in [-0.05, 0) is 19.1 Å². The Balaban J connectivity index is 1.88. The van der Waals surface area contributed by atoms with Gasteiger partial charge in [-0.3, -0.25) is 4.79 Å². The molecule has 2 rings (SSSR count). The Labute approximate surface area is 120 Å². The van der Waals surface area contributed by atoms with Crippen LogP contribution >= 0.6 is 0 Å². The fraction of sp³-hybridized carbons (Fsp3) is 0.231. The molecule has 8 nitrogen and oxygen atoms in total. The number of hydrogen-bond donors (Lipinski definition) is 3. The van der Waals surface area contributed by atoms with Gasteiger partial charge in [0, 0.05) is 24.1 Å². The van der Waals surface area contributed by atoms with Crippen molar-refractivity contribution in [1.82, 2.24) is 15.5 Å². The Bertz CT molecular complexity index is 648. The van der Waals surface area contributed by atoms with E-state index in [0.717, 1.165) is 0 Å². The highest BCUT2D eigenvalue weighted by Crippen LogP contribution is 2.04. The Morgan fingerprint density at radius 3 is 2.62 bits per heavy atom. The van der Waals surface area contributed by atoms with Crippen molar-refractivity contribution in [3.05, 3.63) is 47.1 Å². The van der Waals surface area contributed by atoms with Gasteiger partial charge in [0.2, 0.25) is 5.89 Å². The molecule has 1 amide bonds. The molecule has 21 heavy (non-hydrogen) atoms. The predicted octanol–water partition coefficient (Wildman–Crippen LogP) is 0.445. The van der Waals surface area contributed by atoms with E-state index in [1.165, 1.54) is 0 Å². The van der Waals surface area contributed by atoms with Gasteiger partial charge in [-0.15, -0.1) is 0 Å². The molecule has 0 atom stereocenters. The van der Waals surface area contributed by atoms with Crippen LogP contribution < -0.4 is 11.1 Å². The van der Waals surface area contributed by atoms with Gasteiger partial charge in [0.05, 0.1) is 0 Å². The lowest BCUT2D eigenvalue weighted by molar-refractivity contribution is 0.0953. The first-order valence-corrected chi connectivity index (χ1v) is 6.25. The first-order chi connectivity index (χ1) is 10.1. The van der Waals surface area contributed by atoms with Gasteiger partial charge in [0.15, 0.2) is 11.7 Å². The highest BCUT2D eigenvalue weighted by molar-refractivity contribution is 5.99. The Morgan fingerprint density at radius 2 is 2.05 bits per heavy atom. The number of rotatable bonds is 5. The van der Waals surface area contributed by atoms with Crippen molar-refractivity contribution in [3.63, 3.8) is 0 Å². The van der Waals surface area contributed by atoms with Crippen molar-refractivity contribution in [2.24, 2.45) is 10.9 Å². The van der Waals surface area contributed by atoms with Gasteiger partial charge in [0.25, 0.3) is 5.91 Å². The lowest BCUT2D eigenvalue weighted by Gasteiger charge is -2.04. The summed E-state index contributed by atoms with van der Waals surface area (Å²) in [6.45, 7) is 2.12. The molecule has 0 radical (unpaired) electrons. The van der Waals surface area contributed by atoms with E-state index in [0.29, 0.717) is 35.8 Å². The molecule has 0 bridgehead atoms. The number of amidine groups is 1. The van der Waals surface area contributed by atoms with Crippen LogP contribution in [-0.2, 0) is 6.42 Å². The molecule has 0 aliphatic heterocycles. The molecule has 1 aromatic carbocycles. The molecular weight excluding hydrogens is 274 g/mol. The lowest BCUT2D eigenvalue weighted by atomic mass is 10.1. The molecule has 0 aliphatic rings. The fourth-order valence-electron chi connectivity index (χ4n) is 1.68. The van der Waals surface area contributed by atoms with Crippen LogP contribution in [0.2, 0.25) is 0 Å². The van der Waals surface area contributed by atoms with Crippen LogP contribution in [0.4, 0.5) is 0 Å². The highest BCUT2D eigenvalue weighted by Gasteiger charge is 2.08. The summed E-state index contributed by atoms with van der Waals surface area (Å²) in [5.41, 5.74) is 6.46. The lowest BCUT2D eigenvalue weighted by Crippen LogP contribution is -2.25. The average molecular weight is 289 g/mol. The number of benzene rings is 1. The number of aromatic nitrogens is 2. The first kappa shape index (κ1) is 14.5. The van der Waals surface area contributed by atoms with E-state index in [4.69, 9.17) is 15.5 Å². The molecule has 0 unspecified atom stereocenters. The minimum absolute atomic E-state index is 0.00581. The van der Waals surface area contributed by atoms with E-state index >= 15 is 0 Å². The largest absolute Gasteiger partial charge is 0.409 e. The van der Waals surface area contributed by atoms with Crippen LogP contribution in [0.5, 0.6) is 0 Å². The Morgan fingerprint density at radius 1 is 1.38 bits per heavy atom. The van der Waals surface area contributed by atoms with Gasteiger partial charge in [0.1, 0.15) is 0 Å². The van der Waals surface area contributed by atoms with Crippen molar-refractivity contribution in [2.75, 3.05) is 6.54 Å². The number of nitrogens with one attached hydrogen (secondary N) is 1. The van der Waals surface area contributed by atoms with Gasteiger partial charge in [-0.25, -0.2) is 0 Å². The zero-order valence-electron chi connectivity index (χ0n) is 11.4. The maximum absolute atomic E-state index is 11.9. The molecule has 0 saturated carbocycles. The van der Waals surface area contributed by atoms with Crippen molar-refractivity contribution < 1.29 is 14.5 Å². The summed E-state index contributed by atoms with van der Waals surface area (Å²) in [5, 5.41) is 17.9. The Kier molecular flexibility index (Phi) is 4.50. The maximum atomic E-state index is 11.9. The third-order valence-electron chi connectivity index (χ3n) is 2.74. The van der Waals surface area contributed by atoms with Crippen LogP contribution in [0.15, 0.2) is 33.9 Å². The van der Waals surface area contributed by atoms with Crippen molar-refractivity contribution in [3.8, 4) is 0 Å². The van der Waals surface area contributed by atoms with E-state index in [1.54, 1.807) is 31.2 Å². The minimum atomic E-state index is -0.225. The minimum Gasteiger partial charge on any atom is -0.409 e. The zero-order valence-corrected chi connectivity index (χ0v) is 11.4. The second-order valence-electron chi connectivity index (χ2n) is 4.30. The summed E-state index contributed by atoms with van der Waals surface area (Å²) in [5.74, 6) is 0.816. The number of amides is 1. The summed E-state index contributed by atoms with van der Waals surface area (Å²) in [7, 11) is 0. The number of aryl methyl sites for hydroxylation is 1. The average Bonchev–Trinajstić information content (AvgIpc) is 2.92. The number of oxime groups is 1. The highest BCUT2D eigenvalue weighted by atomic mass is 16.5. The molecule has 8 heteroatoms. The summed E-state index contributed by atoms with van der Waals surface area (Å²) in [6.07, 6.45) is 0.467. The molecule has 0 spiro atoms. The SMILES string of the molecule is Cc1noc(CCNC(=O)c2ccc(/C(N)=N/O)cc2)n1. The predicted molar refractivity (Wildman–Crippen MR) is 74.0 cm³/mol. The van der Waals surface area contributed by atoms with Crippen molar-refractivity contribution in [1.29, 1.82) is 0 Å². The van der Waals surface area contributed by atoms with Gasteiger partial charge >= 0.3 is 0 Å². The summed E-state index contributed by atoms with van der Waals surface area (Å²) in [6, 6.07) is 6.40. The van der Waals surface area contributed by atoms with Gasteiger partial charge < -0.3 is 20.8 Å². The van der Waals surface area contributed by atoms with Crippen LogP contribution in [-0.4, -0.2) is 33.6 Å². The molecule has 2 aromatic rings. The van der Waals surface area contributed by atoms with Gasteiger partial charge in [-0.2, -0.15) is 4.98 Å². The molecule has 1 heterocycles. The number of hydrogen-bond acceptors (Lipinski definition) is 6. The van der Waals surface area contributed by atoms with E-state index in [9.17, 15) is 4.79 Å². The number of nitrogens with zero attached hydrogens (tertiary/aromatic N) is 3. The Hall–Kier alpha value is -2.90. The second kappa shape index (κ2) is 6.51. The van der Waals surface area contributed by atoms with Crippen LogP contribution in [0.3, 0.4) is 0 Å². The van der Waals surface area contributed by atoms with E-state index in [1.807, 2.05) is 0 Å². The van der Waals surface area contributed by atoms with E-state index in [2.05, 4.69) is 20.6 Å². The summed E-state index contributed by atoms with van der Waals surface area (Å²) >= 11 is 0. The molecule has 0 fully saturated rings. The normalized spacial score (nSPS) is 11.4.